The third kappa shape index (κ3) is 24.7. The minimum absolute atomic E-state index is 0. The fraction of sp³-hybridized carbons (Fsp3) is 0.0114. The number of nitrogens with two attached hydrogens (primary N) is 3. The predicted octanol–water partition coefficient (Wildman–Crippen LogP) is 16.7. The lowest BCUT2D eigenvalue weighted by molar-refractivity contribution is -0.577. The predicted molar refractivity (Wildman–Crippen MR) is 511 cm³/mol. The summed E-state index contributed by atoms with van der Waals surface area (Å²) in [5, 5.41) is 46.5. The minimum atomic E-state index is -1.50. The van der Waals surface area contributed by atoms with Gasteiger partial charge < -0.3 is 60.7 Å². The molecule has 0 bridgehead atoms. The van der Waals surface area contributed by atoms with Crippen LogP contribution in [0.5, 0.6) is 0 Å². The first-order chi connectivity index (χ1) is 61.0. The van der Waals surface area contributed by atoms with E-state index >= 15 is 0 Å². The Balaban J connectivity index is 0.000000125. The van der Waals surface area contributed by atoms with Crippen molar-refractivity contribution < 1.29 is 38.1 Å². The van der Waals surface area contributed by atoms with E-state index in [1.807, 2.05) is 158 Å². The van der Waals surface area contributed by atoms with Crippen LogP contribution in [0.3, 0.4) is 0 Å². The largest absolute Gasteiger partial charge is 0.618 e. The number of aromatic amines is 1. The van der Waals surface area contributed by atoms with Crippen molar-refractivity contribution in [1.82, 2.24) is 89.7 Å². The number of oxazole rings is 3. The highest BCUT2D eigenvalue weighted by atomic mass is 79.9. The third-order valence-corrected chi connectivity index (χ3v) is 19.9. The van der Waals surface area contributed by atoms with Gasteiger partial charge in [0.1, 0.15) is 27.2 Å². The number of rotatable bonds is 5. The van der Waals surface area contributed by atoms with Crippen LogP contribution in [0.4, 0.5) is 18.0 Å². The van der Waals surface area contributed by atoms with Gasteiger partial charge >= 0.3 is 14.2 Å². The van der Waals surface area contributed by atoms with E-state index in [1.54, 1.807) is 110 Å². The summed E-state index contributed by atoms with van der Waals surface area (Å²) in [4.78, 5) is 84.8. The fourth-order valence-corrected chi connectivity index (χ4v) is 13.5. The molecule has 39 heteroatoms. The molecule has 0 radical (unpaired) electrons. The van der Waals surface area contributed by atoms with Crippen molar-refractivity contribution in [2.45, 2.75) is 7.43 Å². The molecule has 628 valence electrons. The lowest BCUT2D eigenvalue weighted by atomic mass is 9.80. The summed E-state index contributed by atoms with van der Waals surface area (Å²) in [6.07, 6.45) is 23.8. The number of fused-ring (bicyclic) bond motifs is 10. The van der Waals surface area contributed by atoms with Crippen LogP contribution in [-0.2, 0) is 0 Å². The number of nitrogen functional groups attached to an aromatic ring is 3. The second kappa shape index (κ2) is 43.0. The van der Waals surface area contributed by atoms with Crippen molar-refractivity contribution in [3.8, 4) is 33.6 Å². The number of halogens is 6. The Bertz CT molecular complexity index is 7540. The maximum absolute atomic E-state index is 11.2. The van der Waals surface area contributed by atoms with Gasteiger partial charge in [-0.25, -0.2) is 19.9 Å². The zero-order chi connectivity index (χ0) is 88.2. The second-order valence-corrected chi connectivity index (χ2v) is 31.2. The van der Waals surface area contributed by atoms with E-state index < -0.39 is 14.2 Å². The van der Waals surface area contributed by atoms with E-state index in [0.29, 0.717) is 54.9 Å². The van der Waals surface area contributed by atoms with Crippen molar-refractivity contribution in [1.29, 1.82) is 0 Å². The molecule has 19 heterocycles. The molecule has 127 heavy (non-hydrogen) atoms. The first-order valence-electron chi connectivity index (χ1n) is 37.1. The molecule has 19 aromatic heterocycles. The number of pyridine rings is 16. The zero-order valence-corrected chi connectivity index (χ0v) is 73.5. The molecule has 22 rings (SSSR count). The maximum Gasteiger partial charge on any atom is 0.490 e. The molecule has 31 nitrogen and oxygen atoms in total. The van der Waals surface area contributed by atoms with Crippen LogP contribution in [0.25, 0.3) is 144 Å². The number of aromatic nitrogens is 19. The number of benzene rings is 3. The van der Waals surface area contributed by atoms with E-state index in [2.05, 4.69) is 164 Å². The average molecular weight is 2030 g/mol. The molecule has 0 amide bonds. The zero-order valence-electron chi connectivity index (χ0n) is 64.8. The van der Waals surface area contributed by atoms with Gasteiger partial charge in [-0.05, 0) is 261 Å². The van der Waals surface area contributed by atoms with E-state index in [-0.39, 0.29) is 31.0 Å². The molecule has 0 aliphatic carbocycles. The molecule has 0 aliphatic heterocycles. The van der Waals surface area contributed by atoms with Crippen LogP contribution in [0.1, 0.15) is 7.43 Å². The molecule has 0 spiro atoms. The highest BCUT2D eigenvalue weighted by molar-refractivity contribution is 9.11. The second-order valence-electron chi connectivity index (χ2n) is 26.2. The number of anilines is 3. The van der Waals surface area contributed by atoms with Gasteiger partial charge in [-0.1, -0.05) is 37.2 Å². The van der Waals surface area contributed by atoms with Crippen molar-refractivity contribution >= 4 is 245 Å². The van der Waals surface area contributed by atoms with Gasteiger partial charge in [0.15, 0.2) is 22.9 Å². The van der Waals surface area contributed by atoms with Gasteiger partial charge in [-0.15, -0.1) is 0 Å². The Morgan fingerprint density at radius 3 is 1.29 bits per heavy atom. The van der Waals surface area contributed by atoms with Gasteiger partial charge in [0.2, 0.25) is 11.1 Å². The standard InChI is InChI=1S/C20H13N5O.C15H9BrN4O.C8H4BrClN2.2C8H5BrN2O.C8H5BrN2.C8H6N2.C7H7BN2O3.C5H6BNO2.CH4/c21-20-25-18-8-12(3-6-19(18)26-20)15-4-5-16-17(24-15)9-14(11-23-16)13-2-1-7-22-10-13;16-9-6-12-11(18-7-9)3-2-10(19-12)8-1-4-14-13(5-8)20-15(17)21-14;9-5-3-7-6(11-4-5)1-2-8(10)12-7;9-5-3-7-6(10-4-5)1-2-8(12)11-7;9-6-4-8-7(10-5-6)2-1-3-11(8)12;9-6-4-8-7(11-5-6)2-1-3-10-8;1-3-7-8(9-5-1)4-2-6-10-7;9-7-10-5-3-4(8(11)12)1-2-6(5)13-7;8-6(9)5-2-1-3-7-4-5;/h1-11H,(H2,21,25);1-7H,(H2,17,20);1-4H;1-4H,(H,11,12);1-5H;1-5H;1-6H;1-3,11-12H,(H2,9,10);1-4,8-9H;1H4. The van der Waals surface area contributed by atoms with Crippen molar-refractivity contribution in [2.75, 3.05) is 17.2 Å². The van der Waals surface area contributed by atoms with E-state index in [4.69, 9.17) is 67.1 Å². The molecule has 0 atom stereocenters. The monoisotopic (exact) mass is 2020 g/mol. The Morgan fingerprint density at radius 2 is 0.764 bits per heavy atom. The van der Waals surface area contributed by atoms with Crippen LogP contribution < -0.4 is 38.4 Å². The van der Waals surface area contributed by atoms with Crippen LogP contribution in [-0.4, -0.2) is 124 Å². The van der Waals surface area contributed by atoms with Crippen molar-refractivity contribution in [3.63, 3.8) is 0 Å². The Morgan fingerprint density at radius 1 is 0.346 bits per heavy atom. The summed E-state index contributed by atoms with van der Waals surface area (Å²) in [7, 11) is -2.90. The van der Waals surface area contributed by atoms with Gasteiger partial charge in [-0.3, -0.25) is 54.6 Å². The molecular formula is C88H64B2Br5ClN22O9. The van der Waals surface area contributed by atoms with E-state index in [1.165, 1.54) is 30.6 Å². The summed E-state index contributed by atoms with van der Waals surface area (Å²) in [6, 6.07) is 64.5. The Hall–Kier alpha value is -14.1. The van der Waals surface area contributed by atoms with Gasteiger partial charge in [0.05, 0.1) is 77.6 Å². The molecule has 22 aromatic rings. The third-order valence-electron chi connectivity index (χ3n) is 17.5. The molecule has 3 aromatic carbocycles. The SMILES string of the molecule is Brc1cnc2cccnc2c1.C.Clc1ccc2ncc(Br)cc2n1.Nc1nc2cc(-c3ccc4ncc(-c5cccnc5)cc4n3)ccc2o1.Nc1nc2cc(-c3ccc4ncc(Br)cc4n3)ccc2o1.Nc1nc2cc(B(O)O)ccc2o1.O=c1ccc2ncc(Br)cc2[nH]1.OB(O)c1cccnc1.[O-][n+]1cccc2ncc(Br)cc21.c1cnc2cccnc2c1. The summed E-state index contributed by atoms with van der Waals surface area (Å²) >= 11 is 22.3. The smallest absolute Gasteiger partial charge is 0.490 e. The summed E-state index contributed by atoms with van der Waals surface area (Å²) in [5.41, 5.74) is 38.1. The number of hydrogen-bond donors (Lipinski definition) is 8. The number of nitrogens with zero attached hydrogens (tertiary/aromatic N) is 18. The topological polar surface area (TPSA) is 477 Å². The molecule has 0 aliphatic rings. The summed E-state index contributed by atoms with van der Waals surface area (Å²) < 4.78 is 20.8. The minimum Gasteiger partial charge on any atom is -0.618 e. The molecule has 0 unspecified atom stereocenters. The van der Waals surface area contributed by atoms with Crippen molar-refractivity contribution in [2.24, 2.45) is 0 Å². The summed E-state index contributed by atoms with van der Waals surface area (Å²) in [5.74, 6) is 0. The molecular weight excluding hydrogens is 1970 g/mol. The van der Waals surface area contributed by atoms with Crippen LogP contribution in [0, 0.1) is 5.21 Å². The molecule has 0 saturated carbocycles. The number of hydrogen-bond acceptors (Lipinski definition) is 29. The fourth-order valence-electron chi connectivity index (χ4n) is 11.7. The van der Waals surface area contributed by atoms with Gasteiger partial charge in [0.25, 0.3) is 18.0 Å². The van der Waals surface area contributed by atoms with Crippen LogP contribution in [0.15, 0.2) is 339 Å². The van der Waals surface area contributed by atoms with Gasteiger partial charge in [0, 0.05) is 149 Å². The van der Waals surface area contributed by atoms with E-state index in [0.717, 1.165) is 132 Å². The summed E-state index contributed by atoms with van der Waals surface area (Å²) in [6.45, 7) is 0. The highest BCUT2D eigenvalue weighted by Crippen LogP contribution is 2.30. The lowest BCUT2D eigenvalue weighted by Gasteiger charge is -2.05. The van der Waals surface area contributed by atoms with Gasteiger partial charge in [-0.2, -0.15) is 19.7 Å². The molecule has 0 fully saturated rings. The lowest BCUT2D eigenvalue weighted by Crippen LogP contribution is -2.29. The first-order valence-corrected chi connectivity index (χ1v) is 41.5. The molecule has 11 N–H and O–H groups in total. The maximum atomic E-state index is 11.2. The van der Waals surface area contributed by atoms with E-state index in [9.17, 15) is 10.0 Å². The van der Waals surface area contributed by atoms with Crippen molar-refractivity contribution in [3.05, 3.63) is 342 Å². The number of H-pyrrole nitrogens is 1. The highest BCUT2D eigenvalue weighted by Gasteiger charge is 2.15. The van der Waals surface area contributed by atoms with Crippen LogP contribution in [0.2, 0.25) is 5.15 Å². The Kier molecular flexibility index (Phi) is 30.7. The average Bonchev–Trinajstić information content (AvgIpc) is 1.79. The number of nitrogens with one attached hydrogen (secondary N) is 1. The quantitative estimate of drug-likeness (QED) is 0.0343. The Labute approximate surface area is 767 Å². The van der Waals surface area contributed by atoms with Crippen LogP contribution >= 0.6 is 91.3 Å². The first kappa shape index (κ1) is 90.7. The molecule has 0 saturated heterocycles. The normalized spacial score (nSPS) is 10.5.